The number of nitrogens with one attached hydrogen (secondary N) is 2. The maximum absolute atomic E-state index is 13.1. The van der Waals surface area contributed by atoms with Crippen molar-refractivity contribution in [3.63, 3.8) is 0 Å². The molecule has 4 heterocycles. The zero-order chi connectivity index (χ0) is 25.1. The minimum absolute atomic E-state index is 0.100. The van der Waals surface area contributed by atoms with Crippen molar-refractivity contribution in [2.75, 3.05) is 31.7 Å². The molecule has 1 atom stereocenters. The summed E-state index contributed by atoms with van der Waals surface area (Å²) in [5.74, 6) is -0.0800. The average molecular weight is 528 g/mol. The van der Waals surface area contributed by atoms with Crippen LogP contribution in [0.15, 0.2) is 41.2 Å². The molecule has 36 heavy (non-hydrogen) atoms. The van der Waals surface area contributed by atoms with Gasteiger partial charge in [0.1, 0.15) is 6.54 Å². The van der Waals surface area contributed by atoms with Crippen molar-refractivity contribution in [3.8, 4) is 11.3 Å². The van der Waals surface area contributed by atoms with Gasteiger partial charge in [-0.05, 0) is 46.9 Å². The summed E-state index contributed by atoms with van der Waals surface area (Å²) in [5.41, 5.74) is 3.43. The van der Waals surface area contributed by atoms with Gasteiger partial charge in [0.15, 0.2) is 0 Å². The van der Waals surface area contributed by atoms with Crippen LogP contribution in [-0.4, -0.2) is 64.2 Å². The second-order valence-corrected chi connectivity index (χ2v) is 10.0. The molecule has 1 aromatic carbocycles. The van der Waals surface area contributed by atoms with E-state index in [-0.39, 0.29) is 31.0 Å². The lowest BCUT2D eigenvalue weighted by Gasteiger charge is -2.23. The molecular weight excluding hydrogens is 502 g/mol. The molecule has 1 unspecified atom stereocenters. The second-order valence-electron chi connectivity index (χ2n) is 8.81. The number of anilines is 1. The topological polar surface area (TPSA) is 117 Å². The molecule has 0 spiro atoms. The molecule has 0 aliphatic carbocycles. The fraction of sp³-hybridized carbons (Fsp3) is 0.360. The number of carbonyl (C=O) groups is 2. The lowest BCUT2D eigenvalue weighted by Crippen LogP contribution is -2.39. The maximum Gasteiger partial charge on any atom is 0.254 e. The molecule has 0 saturated carbocycles. The molecular formula is C25H26ClN5O4S. The van der Waals surface area contributed by atoms with Gasteiger partial charge >= 0.3 is 0 Å². The van der Waals surface area contributed by atoms with Crippen LogP contribution in [0.2, 0.25) is 5.02 Å². The number of hydrogen-bond donors (Lipinski definition) is 3. The predicted molar refractivity (Wildman–Crippen MR) is 137 cm³/mol. The Kier molecular flexibility index (Phi) is 7.47. The molecule has 2 aliphatic heterocycles. The normalized spacial score (nSPS) is 16.6. The highest BCUT2D eigenvalue weighted by atomic mass is 35.5. The number of benzene rings is 1. The molecule has 0 bridgehead atoms. The van der Waals surface area contributed by atoms with Crippen molar-refractivity contribution < 1.29 is 19.4 Å². The fourth-order valence-corrected chi connectivity index (χ4v) is 5.34. The first-order valence-electron chi connectivity index (χ1n) is 11.7. The Morgan fingerprint density at radius 1 is 1.31 bits per heavy atom. The van der Waals surface area contributed by atoms with Gasteiger partial charge in [0, 0.05) is 36.9 Å². The maximum atomic E-state index is 13.1. The number of thiophene rings is 1. The Hall–Kier alpha value is -3.05. The van der Waals surface area contributed by atoms with Gasteiger partial charge < -0.3 is 25.4 Å². The van der Waals surface area contributed by atoms with E-state index >= 15 is 0 Å². The van der Waals surface area contributed by atoms with Gasteiger partial charge in [-0.2, -0.15) is 11.3 Å². The number of rotatable bonds is 8. The molecule has 2 aromatic heterocycles. The van der Waals surface area contributed by atoms with Crippen LogP contribution >= 0.6 is 22.9 Å². The Balaban J connectivity index is 1.28. The summed E-state index contributed by atoms with van der Waals surface area (Å²) in [6, 6.07) is 7.10. The average Bonchev–Trinajstić information content (AvgIpc) is 3.53. The van der Waals surface area contributed by atoms with E-state index in [0.29, 0.717) is 47.6 Å². The van der Waals surface area contributed by atoms with Crippen molar-refractivity contribution in [1.29, 1.82) is 0 Å². The summed E-state index contributed by atoms with van der Waals surface area (Å²) in [7, 11) is 0. The third-order valence-corrected chi connectivity index (χ3v) is 7.34. The largest absolute Gasteiger partial charge is 0.394 e. The summed E-state index contributed by atoms with van der Waals surface area (Å²) in [5, 5.41) is 19.9. The van der Waals surface area contributed by atoms with Crippen LogP contribution in [0.5, 0.6) is 0 Å². The van der Waals surface area contributed by atoms with Crippen LogP contribution < -0.4 is 10.6 Å². The first kappa shape index (κ1) is 24.6. The number of carbonyl (C=O) groups excluding carboxylic acids is 2. The minimum Gasteiger partial charge on any atom is -0.394 e. The number of aliphatic hydroxyl groups excluding tert-OH is 1. The number of nitrogens with zero attached hydrogens (tertiary/aromatic N) is 3. The Bertz CT molecular complexity index is 1250. The van der Waals surface area contributed by atoms with Crippen molar-refractivity contribution in [2.24, 2.45) is 0 Å². The van der Waals surface area contributed by atoms with Gasteiger partial charge in [-0.15, -0.1) is 0 Å². The molecule has 5 rings (SSSR count). The third-order valence-electron chi connectivity index (χ3n) is 6.36. The zero-order valence-corrected chi connectivity index (χ0v) is 21.0. The molecule has 2 amide bonds. The first-order valence-corrected chi connectivity index (χ1v) is 13.1. The molecule has 188 valence electrons. The summed E-state index contributed by atoms with van der Waals surface area (Å²) in [6.07, 6.45) is 3.32. The van der Waals surface area contributed by atoms with Gasteiger partial charge in [0.05, 0.1) is 29.6 Å². The van der Waals surface area contributed by atoms with E-state index < -0.39 is 6.04 Å². The molecule has 3 aromatic rings. The number of amides is 2. The van der Waals surface area contributed by atoms with Crippen LogP contribution in [0, 0.1) is 0 Å². The lowest BCUT2D eigenvalue weighted by molar-refractivity contribution is -0.122. The molecule has 3 N–H and O–H groups in total. The van der Waals surface area contributed by atoms with E-state index in [4.69, 9.17) is 16.3 Å². The van der Waals surface area contributed by atoms with E-state index in [9.17, 15) is 14.7 Å². The highest BCUT2D eigenvalue weighted by Crippen LogP contribution is 2.31. The number of ether oxygens (including phenoxy) is 1. The molecule has 11 heteroatoms. The summed E-state index contributed by atoms with van der Waals surface area (Å²) in [4.78, 5) is 36.2. The Morgan fingerprint density at radius 2 is 2.14 bits per heavy atom. The van der Waals surface area contributed by atoms with E-state index in [1.54, 1.807) is 12.3 Å². The Morgan fingerprint density at radius 3 is 2.89 bits per heavy atom. The molecule has 1 fully saturated rings. The summed E-state index contributed by atoms with van der Waals surface area (Å²) in [6.45, 7) is 1.42. The predicted octanol–water partition coefficient (Wildman–Crippen LogP) is 3.26. The number of aromatic nitrogens is 2. The molecule has 9 nitrogen and oxygen atoms in total. The second kappa shape index (κ2) is 10.9. The smallest absolute Gasteiger partial charge is 0.254 e. The van der Waals surface area contributed by atoms with Gasteiger partial charge in [0.25, 0.3) is 5.91 Å². The van der Waals surface area contributed by atoms with Crippen LogP contribution in [0.1, 0.15) is 40.4 Å². The van der Waals surface area contributed by atoms with E-state index in [1.165, 1.54) is 16.2 Å². The van der Waals surface area contributed by atoms with Crippen LogP contribution in [0.3, 0.4) is 0 Å². The van der Waals surface area contributed by atoms with E-state index in [0.717, 1.165) is 24.0 Å². The number of fused-ring (bicyclic) bond motifs is 1. The van der Waals surface area contributed by atoms with Crippen molar-refractivity contribution in [3.05, 3.63) is 62.9 Å². The third kappa shape index (κ3) is 5.36. The van der Waals surface area contributed by atoms with Gasteiger partial charge in [0.2, 0.25) is 11.9 Å². The number of hydrogen-bond acceptors (Lipinski definition) is 8. The van der Waals surface area contributed by atoms with Crippen molar-refractivity contribution >= 4 is 40.7 Å². The van der Waals surface area contributed by atoms with Gasteiger partial charge in [-0.1, -0.05) is 23.7 Å². The first-order chi connectivity index (χ1) is 17.5. The highest BCUT2D eigenvalue weighted by Gasteiger charge is 2.30. The minimum atomic E-state index is -0.501. The van der Waals surface area contributed by atoms with Crippen LogP contribution in [0.4, 0.5) is 5.95 Å². The van der Waals surface area contributed by atoms with Crippen molar-refractivity contribution in [1.82, 2.24) is 20.2 Å². The monoisotopic (exact) mass is 527 g/mol. The summed E-state index contributed by atoms with van der Waals surface area (Å²) < 4.78 is 5.40. The highest BCUT2D eigenvalue weighted by molar-refractivity contribution is 7.08. The van der Waals surface area contributed by atoms with Crippen LogP contribution in [0.25, 0.3) is 11.3 Å². The molecule has 2 aliphatic rings. The molecule has 1 saturated heterocycles. The standard InChI is InChI=1S/C25H26ClN5O4S/c26-20-10-27-25(28-18-3-6-35-7-4-18)30-23(20)15-1-2-16-11-31(24(34)19(16)9-15)12-22(33)29-21(13-32)17-5-8-36-14-17/h1-2,5,8-10,14,18,21,32H,3-4,6-7,11-13H2,(H,29,33)(H,27,28,30). The number of halogens is 1. The number of aliphatic hydroxyl groups is 1. The fourth-order valence-electron chi connectivity index (χ4n) is 4.42. The Labute approximate surface area is 217 Å². The van der Waals surface area contributed by atoms with Gasteiger partial charge in [-0.3, -0.25) is 9.59 Å². The van der Waals surface area contributed by atoms with E-state index in [2.05, 4.69) is 20.6 Å². The molecule has 0 radical (unpaired) electrons. The zero-order valence-electron chi connectivity index (χ0n) is 19.4. The van der Waals surface area contributed by atoms with E-state index in [1.807, 2.05) is 29.0 Å². The quantitative estimate of drug-likeness (QED) is 0.411. The SMILES string of the molecule is O=C(CN1Cc2ccc(-c3nc(NC4CCOCC4)ncc3Cl)cc2C1=O)NC(CO)c1ccsc1. The summed E-state index contributed by atoms with van der Waals surface area (Å²) >= 11 is 7.91. The van der Waals surface area contributed by atoms with Crippen LogP contribution in [-0.2, 0) is 16.1 Å². The van der Waals surface area contributed by atoms with Gasteiger partial charge in [-0.25, -0.2) is 9.97 Å². The lowest BCUT2D eigenvalue weighted by atomic mass is 10.0. The van der Waals surface area contributed by atoms with Crippen molar-refractivity contribution in [2.45, 2.75) is 31.5 Å².